The first-order valence-electron chi connectivity index (χ1n) is 10.1. The van der Waals surface area contributed by atoms with E-state index in [9.17, 15) is 9.59 Å². The van der Waals surface area contributed by atoms with Gasteiger partial charge in [0, 0.05) is 36.3 Å². The number of methoxy groups -OCH3 is 1. The highest BCUT2D eigenvalue weighted by Gasteiger charge is 2.20. The Hall–Kier alpha value is -3.60. The minimum atomic E-state index is -0.175. The molecule has 5 nitrogen and oxygen atoms in total. The van der Waals surface area contributed by atoms with Crippen molar-refractivity contribution >= 4 is 17.5 Å². The Morgan fingerprint density at radius 3 is 2.57 bits per heavy atom. The molecule has 5 heteroatoms. The molecule has 0 radical (unpaired) electrons. The molecule has 1 heterocycles. The highest BCUT2D eigenvalue weighted by Crippen LogP contribution is 2.29. The molecule has 0 atom stereocenters. The summed E-state index contributed by atoms with van der Waals surface area (Å²) in [6.45, 7) is 1.33. The summed E-state index contributed by atoms with van der Waals surface area (Å²) in [5, 5.41) is 3.03. The molecular weight excluding hydrogens is 376 g/mol. The zero-order valence-corrected chi connectivity index (χ0v) is 16.9. The van der Waals surface area contributed by atoms with Gasteiger partial charge in [-0.25, -0.2) is 0 Å². The third-order valence-electron chi connectivity index (χ3n) is 5.31. The molecule has 1 aliphatic heterocycles. The van der Waals surface area contributed by atoms with E-state index >= 15 is 0 Å². The van der Waals surface area contributed by atoms with Gasteiger partial charge >= 0.3 is 0 Å². The van der Waals surface area contributed by atoms with Gasteiger partial charge in [-0.05, 0) is 47.9 Å². The van der Waals surface area contributed by atoms with Crippen molar-refractivity contribution in [1.29, 1.82) is 0 Å². The van der Waals surface area contributed by atoms with E-state index in [4.69, 9.17) is 4.74 Å². The smallest absolute Gasteiger partial charge is 0.255 e. The molecule has 0 bridgehead atoms. The number of rotatable bonds is 6. The van der Waals surface area contributed by atoms with Gasteiger partial charge in [-0.3, -0.25) is 9.59 Å². The van der Waals surface area contributed by atoms with Gasteiger partial charge < -0.3 is 15.0 Å². The molecule has 0 unspecified atom stereocenters. The number of carbonyl (C=O) groups excluding carboxylic acids is 2. The number of carbonyl (C=O) groups is 2. The summed E-state index contributed by atoms with van der Waals surface area (Å²) in [6.07, 6.45) is 1.52. The summed E-state index contributed by atoms with van der Waals surface area (Å²) in [5.74, 6) is 0.789. The van der Waals surface area contributed by atoms with Gasteiger partial charge in [0.1, 0.15) is 5.75 Å². The fourth-order valence-corrected chi connectivity index (χ4v) is 3.71. The summed E-state index contributed by atoms with van der Waals surface area (Å²) >= 11 is 0. The van der Waals surface area contributed by atoms with E-state index in [1.54, 1.807) is 13.2 Å². The second-order valence-electron chi connectivity index (χ2n) is 7.35. The van der Waals surface area contributed by atoms with Crippen LogP contribution in [0.2, 0.25) is 0 Å². The van der Waals surface area contributed by atoms with E-state index in [1.165, 1.54) is 0 Å². The lowest BCUT2D eigenvalue weighted by molar-refractivity contribution is -0.128. The van der Waals surface area contributed by atoms with Crippen molar-refractivity contribution < 1.29 is 14.3 Å². The van der Waals surface area contributed by atoms with Crippen molar-refractivity contribution in [2.75, 3.05) is 19.0 Å². The Bertz CT molecular complexity index is 1060. The summed E-state index contributed by atoms with van der Waals surface area (Å²) in [5.41, 5.74) is 4.21. The fraction of sp³-hybridized carbons (Fsp3) is 0.200. The van der Waals surface area contributed by atoms with E-state index < -0.39 is 0 Å². The quantitative estimate of drug-likeness (QED) is 0.650. The monoisotopic (exact) mass is 400 g/mol. The first kappa shape index (κ1) is 19.7. The van der Waals surface area contributed by atoms with Crippen molar-refractivity contribution in [3.8, 4) is 16.9 Å². The maximum Gasteiger partial charge on any atom is 0.255 e. The van der Waals surface area contributed by atoms with Crippen LogP contribution in [0.25, 0.3) is 11.1 Å². The van der Waals surface area contributed by atoms with Crippen molar-refractivity contribution in [2.45, 2.75) is 19.4 Å². The van der Waals surface area contributed by atoms with E-state index in [0.29, 0.717) is 18.5 Å². The molecule has 0 aliphatic carbocycles. The molecular formula is C25H24N2O3. The van der Waals surface area contributed by atoms with Crippen molar-refractivity contribution in [3.05, 3.63) is 83.9 Å². The largest absolute Gasteiger partial charge is 0.497 e. The minimum absolute atomic E-state index is 0.175. The fourth-order valence-electron chi connectivity index (χ4n) is 3.71. The molecule has 1 saturated heterocycles. The number of nitrogens with one attached hydrogen (secondary N) is 1. The van der Waals surface area contributed by atoms with Crippen LogP contribution in [0, 0.1) is 0 Å². The summed E-state index contributed by atoms with van der Waals surface area (Å²) in [7, 11) is 1.64. The van der Waals surface area contributed by atoms with Gasteiger partial charge in [0.25, 0.3) is 5.91 Å². The van der Waals surface area contributed by atoms with Crippen LogP contribution < -0.4 is 10.1 Å². The number of benzene rings is 3. The van der Waals surface area contributed by atoms with Gasteiger partial charge in [0.05, 0.1) is 7.11 Å². The van der Waals surface area contributed by atoms with Gasteiger partial charge in [0.15, 0.2) is 0 Å². The van der Waals surface area contributed by atoms with Crippen LogP contribution in [0.5, 0.6) is 5.75 Å². The zero-order chi connectivity index (χ0) is 20.9. The lowest BCUT2D eigenvalue weighted by atomic mass is 10.0. The van der Waals surface area contributed by atoms with Crippen molar-refractivity contribution in [2.24, 2.45) is 0 Å². The number of amides is 2. The van der Waals surface area contributed by atoms with E-state index in [2.05, 4.69) is 5.32 Å². The first-order chi connectivity index (χ1) is 14.6. The standard InChI is InChI=1S/C25H24N2O3/c1-30-21-13-11-19(12-14-21)22-8-2-3-9-23(22)26-25(29)20-7-4-6-18(16-20)17-27-15-5-10-24(27)28/h2-4,6-9,11-14,16H,5,10,15,17H2,1H3,(H,26,29). The molecule has 1 fully saturated rings. The lowest BCUT2D eigenvalue weighted by Gasteiger charge is -2.16. The van der Waals surface area contributed by atoms with Crippen molar-refractivity contribution in [3.63, 3.8) is 0 Å². The summed E-state index contributed by atoms with van der Waals surface area (Å²) in [6, 6.07) is 22.9. The van der Waals surface area contributed by atoms with Gasteiger partial charge in [-0.1, -0.05) is 42.5 Å². The molecule has 1 N–H and O–H groups in total. The van der Waals surface area contributed by atoms with Gasteiger partial charge in [-0.15, -0.1) is 0 Å². The van der Waals surface area contributed by atoms with Crippen LogP contribution in [0.3, 0.4) is 0 Å². The Labute approximate surface area is 176 Å². The van der Waals surface area contributed by atoms with Crippen LogP contribution >= 0.6 is 0 Å². The summed E-state index contributed by atoms with van der Waals surface area (Å²) in [4.78, 5) is 26.7. The SMILES string of the molecule is COc1ccc(-c2ccccc2NC(=O)c2cccc(CN3CCCC3=O)c2)cc1. The average molecular weight is 400 g/mol. The number of ether oxygens (including phenoxy) is 1. The number of nitrogens with zero attached hydrogens (tertiary/aromatic N) is 1. The zero-order valence-electron chi connectivity index (χ0n) is 16.9. The van der Waals surface area contributed by atoms with Crippen LogP contribution in [-0.4, -0.2) is 30.4 Å². The second kappa shape index (κ2) is 8.82. The maximum atomic E-state index is 12.9. The number of anilines is 1. The number of para-hydroxylation sites is 1. The second-order valence-corrected chi connectivity index (χ2v) is 7.35. The summed E-state index contributed by atoms with van der Waals surface area (Å²) < 4.78 is 5.23. The lowest BCUT2D eigenvalue weighted by Crippen LogP contribution is -2.24. The van der Waals surface area contributed by atoms with Gasteiger partial charge in [0.2, 0.25) is 5.91 Å². The first-order valence-corrected chi connectivity index (χ1v) is 10.1. The molecule has 4 rings (SSSR count). The molecule has 3 aromatic rings. The van der Waals surface area contributed by atoms with Crippen LogP contribution in [0.15, 0.2) is 72.8 Å². The van der Waals surface area contributed by atoms with E-state index in [1.807, 2.05) is 71.6 Å². The molecule has 0 saturated carbocycles. The van der Waals surface area contributed by atoms with Gasteiger partial charge in [-0.2, -0.15) is 0 Å². The van der Waals surface area contributed by atoms with E-state index in [-0.39, 0.29) is 11.8 Å². The third kappa shape index (κ3) is 4.35. The third-order valence-corrected chi connectivity index (χ3v) is 5.31. The minimum Gasteiger partial charge on any atom is -0.497 e. The Balaban J connectivity index is 1.53. The van der Waals surface area contributed by atoms with Crippen molar-refractivity contribution in [1.82, 2.24) is 4.90 Å². The number of hydrogen-bond donors (Lipinski definition) is 1. The Morgan fingerprint density at radius 2 is 1.83 bits per heavy atom. The van der Waals surface area contributed by atoms with Crippen LogP contribution in [0.1, 0.15) is 28.8 Å². The molecule has 1 aliphatic rings. The molecule has 0 spiro atoms. The Morgan fingerprint density at radius 1 is 1.03 bits per heavy atom. The highest BCUT2D eigenvalue weighted by molar-refractivity contribution is 6.06. The predicted octanol–water partition coefficient (Wildman–Crippen LogP) is 4.74. The van der Waals surface area contributed by atoms with E-state index in [0.717, 1.165) is 41.1 Å². The topological polar surface area (TPSA) is 58.6 Å². The molecule has 152 valence electrons. The molecule has 3 aromatic carbocycles. The van der Waals surface area contributed by atoms with Crippen LogP contribution in [0.4, 0.5) is 5.69 Å². The average Bonchev–Trinajstić information content (AvgIpc) is 3.18. The highest BCUT2D eigenvalue weighted by atomic mass is 16.5. The molecule has 30 heavy (non-hydrogen) atoms. The normalized spacial score (nSPS) is 13.4. The number of hydrogen-bond acceptors (Lipinski definition) is 3. The van der Waals surface area contributed by atoms with Crippen LogP contribution in [-0.2, 0) is 11.3 Å². The Kier molecular flexibility index (Phi) is 5.80. The number of likely N-dealkylation sites (tertiary alicyclic amines) is 1. The maximum absolute atomic E-state index is 12.9. The predicted molar refractivity (Wildman–Crippen MR) is 117 cm³/mol. The molecule has 0 aromatic heterocycles. The molecule has 2 amide bonds.